The first kappa shape index (κ1) is 13.2. The molecular formula is C12H20BrNS. The van der Waals surface area contributed by atoms with Crippen LogP contribution in [0, 0.1) is 5.92 Å². The highest BCUT2D eigenvalue weighted by atomic mass is 79.9. The van der Waals surface area contributed by atoms with Crippen LogP contribution < -0.4 is 5.32 Å². The lowest BCUT2D eigenvalue weighted by Crippen LogP contribution is -2.17. The number of halogens is 1. The van der Waals surface area contributed by atoms with E-state index in [0.29, 0.717) is 6.04 Å². The molecule has 3 heteroatoms. The average molecular weight is 290 g/mol. The van der Waals surface area contributed by atoms with Gasteiger partial charge in [-0.15, -0.1) is 11.3 Å². The molecule has 0 aliphatic carbocycles. The topological polar surface area (TPSA) is 12.0 Å². The highest BCUT2D eigenvalue weighted by Gasteiger charge is 2.14. The number of nitrogens with one attached hydrogen (secondary N) is 1. The Kier molecular flexibility index (Phi) is 5.87. The molecule has 2 unspecified atom stereocenters. The van der Waals surface area contributed by atoms with Gasteiger partial charge in [-0.05, 0) is 47.4 Å². The van der Waals surface area contributed by atoms with E-state index < -0.39 is 0 Å². The number of thiophene rings is 1. The quantitative estimate of drug-likeness (QED) is 0.807. The van der Waals surface area contributed by atoms with Crippen molar-refractivity contribution in [3.63, 3.8) is 0 Å². The van der Waals surface area contributed by atoms with Crippen molar-refractivity contribution in [2.45, 2.75) is 39.2 Å². The van der Waals surface area contributed by atoms with Crippen LogP contribution in [0.4, 0.5) is 0 Å². The summed E-state index contributed by atoms with van der Waals surface area (Å²) in [6.07, 6.45) is 3.84. The second-order valence-electron chi connectivity index (χ2n) is 4.11. The van der Waals surface area contributed by atoms with Crippen LogP contribution in [0.5, 0.6) is 0 Å². The Morgan fingerprint density at radius 3 is 2.67 bits per heavy atom. The van der Waals surface area contributed by atoms with Crippen molar-refractivity contribution in [2.24, 2.45) is 5.92 Å². The SMILES string of the molecule is CCCC(C)CC(NC)c1ccc(Br)s1. The van der Waals surface area contributed by atoms with E-state index >= 15 is 0 Å². The van der Waals surface area contributed by atoms with Crippen molar-refractivity contribution >= 4 is 27.3 Å². The van der Waals surface area contributed by atoms with Gasteiger partial charge in [0.1, 0.15) is 0 Å². The molecule has 0 aromatic carbocycles. The van der Waals surface area contributed by atoms with Gasteiger partial charge in [-0.1, -0.05) is 26.7 Å². The van der Waals surface area contributed by atoms with E-state index in [1.165, 1.54) is 27.9 Å². The van der Waals surface area contributed by atoms with Crippen LogP contribution in [0.25, 0.3) is 0 Å². The number of rotatable bonds is 6. The summed E-state index contributed by atoms with van der Waals surface area (Å²) >= 11 is 5.35. The highest BCUT2D eigenvalue weighted by Crippen LogP contribution is 2.31. The second kappa shape index (κ2) is 6.66. The minimum Gasteiger partial charge on any atom is -0.312 e. The van der Waals surface area contributed by atoms with Crippen molar-refractivity contribution in [1.29, 1.82) is 0 Å². The maximum Gasteiger partial charge on any atom is 0.0701 e. The Morgan fingerprint density at radius 2 is 2.20 bits per heavy atom. The molecule has 0 spiro atoms. The third-order valence-corrected chi connectivity index (χ3v) is 4.44. The van der Waals surface area contributed by atoms with Gasteiger partial charge in [0.05, 0.1) is 3.79 Å². The molecule has 0 fully saturated rings. The molecule has 1 aromatic heterocycles. The lowest BCUT2D eigenvalue weighted by molar-refractivity contribution is 0.410. The largest absolute Gasteiger partial charge is 0.312 e. The second-order valence-corrected chi connectivity index (χ2v) is 6.61. The van der Waals surface area contributed by atoms with Gasteiger partial charge in [0.25, 0.3) is 0 Å². The smallest absolute Gasteiger partial charge is 0.0701 e. The molecule has 1 rings (SSSR count). The molecule has 15 heavy (non-hydrogen) atoms. The van der Waals surface area contributed by atoms with Crippen molar-refractivity contribution in [3.05, 3.63) is 20.8 Å². The monoisotopic (exact) mass is 289 g/mol. The predicted octanol–water partition coefficient (Wildman–Crippen LogP) is 4.60. The minimum absolute atomic E-state index is 0.517. The molecule has 0 aliphatic rings. The normalized spacial score (nSPS) is 15.2. The fourth-order valence-electron chi connectivity index (χ4n) is 1.90. The first-order chi connectivity index (χ1) is 7.17. The number of hydrogen-bond donors (Lipinski definition) is 1. The summed E-state index contributed by atoms with van der Waals surface area (Å²) in [6.45, 7) is 4.60. The average Bonchev–Trinajstić information content (AvgIpc) is 2.61. The molecule has 1 heterocycles. The van der Waals surface area contributed by atoms with Gasteiger partial charge in [-0.3, -0.25) is 0 Å². The highest BCUT2D eigenvalue weighted by molar-refractivity contribution is 9.11. The molecule has 2 atom stereocenters. The zero-order valence-electron chi connectivity index (χ0n) is 9.72. The summed E-state index contributed by atoms with van der Waals surface area (Å²) in [5.74, 6) is 0.799. The van der Waals surface area contributed by atoms with E-state index in [-0.39, 0.29) is 0 Å². The van der Waals surface area contributed by atoms with E-state index in [1.807, 2.05) is 11.3 Å². The van der Waals surface area contributed by atoms with Gasteiger partial charge in [-0.2, -0.15) is 0 Å². The Hall–Kier alpha value is 0.140. The van der Waals surface area contributed by atoms with Crippen molar-refractivity contribution < 1.29 is 0 Å². The van der Waals surface area contributed by atoms with Crippen LogP contribution in [0.2, 0.25) is 0 Å². The van der Waals surface area contributed by atoms with Gasteiger partial charge in [0, 0.05) is 10.9 Å². The van der Waals surface area contributed by atoms with Gasteiger partial charge >= 0.3 is 0 Å². The Labute approximate surface area is 105 Å². The third kappa shape index (κ3) is 4.25. The van der Waals surface area contributed by atoms with Crippen LogP contribution in [0.15, 0.2) is 15.9 Å². The third-order valence-electron chi connectivity index (χ3n) is 2.71. The summed E-state index contributed by atoms with van der Waals surface area (Å²) in [5, 5.41) is 3.41. The van der Waals surface area contributed by atoms with Gasteiger partial charge in [-0.25, -0.2) is 0 Å². The Balaban J connectivity index is 2.56. The van der Waals surface area contributed by atoms with Gasteiger partial charge < -0.3 is 5.32 Å². The van der Waals surface area contributed by atoms with E-state index in [1.54, 1.807) is 0 Å². The van der Waals surface area contributed by atoms with Crippen molar-refractivity contribution in [2.75, 3.05) is 7.05 Å². The van der Waals surface area contributed by atoms with Crippen LogP contribution in [-0.4, -0.2) is 7.05 Å². The first-order valence-electron chi connectivity index (χ1n) is 5.59. The molecule has 0 bridgehead atoms. The maximum atomic E-state index is 3.52. The lowest BCUT2D eigenvalue weighted by Gasteiger charge is -2.19. The van der Waals surface area contributed by atoms with Gasteiger partial charge in [0.15, 0.2) is 0 Å². The molecule has 1 aromatic rings. The summed E-state index contributed by atoms with van der Waals surface area (Å²) < 4.78 is 1.22. The molecule has 0 saturated carbocycles. The fourth-order valence-corrected chi connectivity index (χ4v) is 3.45. The van der Waals surface area contributed by atoms with Gasteiger partial charge in [0.2, 0.25) is 0 Å². The molecule has 1 nitrogen and oxygen atoms in total. The Bertz CT molecular complexity index is 285. The zero-order valence-corrected chi connectivity index (χ0v) is 12.1. The standard InChI is InChI=1S/C12H20BrNS/c1-4-5-9(2)8-10(14-3)11-6-7-12(13)15-11/h6-7,9-10,14H,4-5,8H2,1-3H3. The summed E-state index contributed by atoms with van der Waals surface area (Å²) in [6, 6.07) is 4.87. The van der Waals surface area contributed by atoms with E-state index in [0.717, 1.165) is 5.92 Å². The zero-order chi connectivity index (χ0) is 11.3. The maximum absolute atomic E-state index is 3.52. The van der Waals surface area contributed by atoms with Crippen molar-refractivity contribution in [3.8, 4) is 0 Å². The Morgan fingerprint density at radius 1 is 1.47 bits per heavy atom. The molecule has 1 N–H and O–H groups in total. The lowest BCUT2D eigenvalue weighted by atomic mass is 9.96. The van der Waals surface area contributed by atoms with Crippen LogP contribution in [0.1, 0.15) is 44.0 Å². The summed E-state index contributed by atoms with van der Waals surface area (Å²) in [4.78, 5) is 1.44. The van der Waals surface area contributed by atoms with Crippen molar-refractivity contribution in [1.82, 2.24) is 5.32 Å². The van der Waals surface area contributed by atoms with E-state index in [2.05, 4.69) is 54.3 Å². The van der Waals surface area contributed by atoms with E-state index in [4.69, 9.17) is 0 Å². The molecule has 0 saturated heterocycles. The van der Waals surface area contributed by atoms with Crippen LogP contribution in [-0.2, 0) is 0 Å². The van der Waals surface area contributed by atoms with Crippen LogP contribution in [0.3, 0.4) is 0 Å². The molecule has 0 amide bonds. The minimum atomic E-state index is 0.517. The molecule has 0 aliphatic heterocycles. The van der Waals surface area contributed by atoms with E-state index in [9.17, 15) is 0 Å². The number of hydrogen-bond acceptors (Lipinski definition) is 2. The fraction of sp³-hybridized carbons (Fsp3) is 0.667. The molecule has 86 valence electrons. The molecular weight excluding hydrogens is 270 g/mol. The summed E-state index contributed by atoms with van der Waals surface area (Å²) in [7, 11) is 2.05. The molecule has 0 radical (unpaired) electrons. The predicted molar refractivity (Wildman–Crippen MR) is 72.5 cm³/mol. The summed E-state index contributed by atoms with van der Waals surface area (Å²) in [5.41, 5.74) is 0. The first-order valence-corrected chi connectivity index (χ1v) is 7.20. The van der Waals surface area contributed by atoms with Crippen LogP contribution >= 0.6 is 27.3 Å².